The quantitative estimate of drug-likeness (QED) is 0.0944. The van der Waals surface area contributed by atoms with Crippen molar-refractivity contribution in [2.24, 2.45) is 5.73 Å². The average Bonchev–Trinajstić information content (AvgIpc) is 3.02. The van der Waals surface area contributed by atoms with Crippen LogP contribution in [0.1, 0.15) is 110 Å². The predicted octanol–water partition coefficient (Wildman–Crippen LogP) is 7.43. The van der Waals surface area contributed by atoms with Crippen molar-refractivity contribution < 1.29 is 19.1 Å². The Kier molecular flexibility index (Phi) is 14.3. The maximum absolute atomic E-state index is 12.8. The molecule has 2 amide bonds. The van der Waals surface area contributed by atoms with Gasteiger partial charge in [-0.1, -0.05) is 138 Å². The lowest BCUT2D eigenvalue weighted by Crippen LogP contribution is -2.29. The fraction of sp³-hybridized carbons (Fsp3) is 0.417. The third-order valence-electron chi connectivity index (χ3n) is 7.64. The first-order valence-corrected chi connectivity index (χ1v) is 15.5. The molecule has 6 heteroatoms. The second kappa shape index (κ2) is 18.5. The van der Waals surface area contributed by atoms with Gasteiger partial charge in [0.15, 0.2) is 0 Å². The van der Waals surface area contributed by atoms with E-state index in [0.717, 1.165) is 24.0 Å². The standard InChI is InChI=1S/C36H46N2O4/c1-2-3-4-5-6-7-8-9-10-17-26-38-35(40)31-24-22-30(23-25-31)33(42-36(41)34(37)39)32(29-20-15-12-16-21-29)27-28-18-13-11-14-19-28/h11-16,18-25,32-33H,2-10,17,26-27H2,1H3,(H2,37,39)(H,38,40). The molecule has 0 bridgehead atoms. The van der Waals surface area contributed by atoms with Gasteiger partial charge in [0.1, 0.15) is 6.10 Å². The molecule has 0 saturated carbocycles. The van der Waals surface area contributed by atoms with Crippen molar-refractivity contribution in [2.75, 3.05) is 6.54 Å². The smallest absolute Gasteiger partial charge is 0.397 e. The van der Waals surface area contributed by atoms with E-state index in [1.807, 2.05) is 60.7 Å². The molecule has 0 aliphatic rings. The average molecular weight is 571 g/mol. The second-order valence-electron chi connectivity index (χ2n) is 11.0. The number of nitrogens with one attached hydrogen (secondary N) is 1. The fourth-order valence-electron chi connectivity index (χ4n) is 5.26. The molecule has 0 fully saturated rings. The van der Waals surface area contributed by atoms with Gasteiger partial charge in [0.25, 0.3) is 5.91 Å². The molecule has 3 aromatic carbocycles. The molecular formula is C36H46N2O4. The largest absolute Gasteiger partial charge is 0.450 e. The highest BCUT2D eigenvalue weighted by molar-refractivity contribution is 6.31. The van der Waals surface area contributed by atoms with Gasteiger partial charge in [-0.05, 0) is 41.7 Å². The molecule has 224 valence electrons. The van der Waals surface area contributed by atoms with Crippen molar-refractivity contribution in [3.63, 3.8) is 0 Å². The minimum atomic E-state index is -1.14. The number of hydrogen-bond acceptors (Lipinski definition) is 4. The highest BCUT2D eigenvalue weighted by Crippen LogP contribution is 2.37. The monoisotopic (exact) mass is 570 g/mol. The van der Waals surface area contributed by atoms with E-state index in [-0.39, 0.29) is 11.8 Å². The number of carbonyl (C=O) groups is 3. The van der Waals surface area contributed by atoms with Crippen molar-refractivity contribution in [2.45, 2.75) is 89.6 Å². The van der Waals surface area contributed by atoms with Gasteiger partial charge in [-0.2, -0.15) is 0 Å². The van der Waals surface area contributed by atoms with Crippen LogP contribution in [-0.2, 0) is 20.7 Å². The Balaban J connectivity index is 1.62. The first-order chi connectivity index (χ1) is 20.5. The molecule has 0 spiro atoms. The van der Waals surface area contributed by atoms with Gasteiger partial charge in [-0.25, -0.2) is 4.79 Å². The van der Waals surface area contributed by atoms with Crippen molar-refractivity contribution in [3.05, 3.63) is 107 Å². The van der Waals surface area contributed by atoms with Crippen LogP contribution in [0.25, 0.3) is 0 Å². The van der Waals surface area contributed by atoms with E-state index in [4.69, 9.17) is 10.5 Å². The molecule has 0 radical (unpaired) electrons. The lowest BCUT2D eigenvalue weighted by Gasteiger charge is -2.28. The Morgan fingerprint density at radius 2 is 1.24 bits per heavy atom. The molecule has 2 unspecified atom stereocenters. The minimum Gasteiger partial charge on any atom is -0.450 e. The third kappa shape index (κ3) is 11.2. The molecular weight excluding hydrogens is 524 g/mol. The summed E-state index contributed by atoms with van der Waals surface area (Å²) < 4.78 is 5.72. The number of nitrogens with two attached hydrogens (primary N) is 1. The van der Waals surface area contributed by atoms with Crippen molar-refractivity contribution in [1.82, 2.24) is 5.32 Å². The number of amides is 2. The van der Waals surface area contributed by atoms with Gasteiger partial charge >= 0.3 is 11.9 Å². The highest BCUT2D eigenvalue weighted by atomic mass is 16.5. The van der Waals surface area contributed by atoms with Crippen LogP contribution in [0.4, 0.5) is 0 Å². The lowest BCUT2D eigenvalue weighted by molar-refractivity contribution is -0.158. The van der Waals surface area contributed by atoms with E-state index in [2.05, 4.69) is 12.2 Å². The predicted molar refractivity (Wildman–Crippen MR) is 168 cm³/mol. The molecule has 3 aromatic rings. The SMILES string of the molecule is CCCCCCCCCCCCNC(=O)c1ccc(C(OC(=O)C(N)=O)C(Cc2ccccc2)c2ccccc2)cc1. The Hall–Kier alpha value is -3.93. The second-order valence-corrected chi connectivity index (χ2v) is 11.0. The topological polar surface area (TPSA) is 98.5 Å². The summed E-state index contributed by atoms with van der Waals surface area (Å²) in [7, 11) is 0. The van der Waals surface area contributed by atoms with E-state index < -0.39 is 18.0 Å². The highest BCUT2D eigenvalue weighted by Gasteiger charge is 2.30. The van der Waals surface area contributed by atoms with Crippen LogP contribution in [-0.4, -0.2) is 24.3 Å². The van der Waals surface area contributed by atoms with E-state index in [1.54, 1.807) is 24.3 Å². The number of primary amides is 1. The zero-order valence-electron chi connectivity index (χ0n) is 24.9. The number of hydrogen-bond donors (Lipinski definition) is 2. The Labute approximate surface area is 251 Å². The number of unbranched alkanes of at least 4 members (excludes halogenated alkanes) is 9. The van der Waals surface area contributed by atoms with Gasteiger partial charge in [-0.15, -0.1) is 0 Å². The minimum absolute atomic E-state index is 0.132. The normalized spacial score (nSPS) is 12.3. The van der Waals surface area contributed by atoms with Crippen molar-refractivity contribution >= 4 is 17.8 Å². The van der Waals surface area contributed by atoms with Crippen LogP contribution in [0.15, 0.2) is 84.9 Å². The molecule has 0 heterocycles. The maximum atomic E-state index is 12.8. The van der Waals surface area contributed by atoms with Crippen molar-refractivity contribution in [3.8, 4) is 0 Å². The molecule has 0 aliphatic heterocycles. The summed E-state index contributed by atoms with van der Waals surface area (Å²) in [5.41, 5.74) is 8.50. The summed E-state index contributed by atoms with van der Waals surface area (Å²) in [4.78, 5) is 36.9. The summed E-state index contributed by atoms with van der Waals surface area (Å²) in [5.74, 6) is -2.65. The van der Waals surface area contributed by atoms with Crippen molar-refractivity contribution in [1.29, 1.82) is 0 Å². The zero-order valence-corrected chi connectivity index (χ0v) is 24.9. The molecule has 6 nitrogen and oxygen atoms in total. The van der Waals surface area contributed by atoms with E-state index in [9.17, 15) is 14.4 Å². The third-order valence-corrected chi connectivity index (χ3v) is 7.64. The first-order valence-electron chi connectivity index (χ1n) is 15.5. The van der Waals surface area contributed by atoms with Gasteiger partial charge in [-0.3, -0.25) is 9.59 Å². The molecule has 3 N–H and O–H groups in total. The summed E-state index contributed by atoms with van der Waals surface area (Å²) in [6.45, 7) is 2.88. The molecule has 2 atom stereocenters. The van der Waals surface area contributed by atoms with E-state index in [0.29, 0.717) is 24.1 Å². The van der Waals surface area contributed by atoms with Gasteiger partial charge < -0.3 is 15.8 Å². The molecule has 0 aromatic heterocycles. The van der Waals surface area contributed by atoms with Crippen LogP contribution in [0.2, 0.25) is 0 Å². The number of rotatable bonds is 18. The maximum Gasteiger partial charge on any atom is 0.397 e. The summed E-state index contributed by atoms with van der Waals surface area (Å²) >= 11 is 0. The summed E-state index contributed by atoms with van der Waals surface area (Å²) in [6, 6.07) is 26.7. The van der Waals surface area contributed by atoms with Crippen LogP contribution >= 0.6 is 0 Å². The summed E-state index contributed by atoms with van der Waals surface area (Å²) in [6.07, 6.45) is 12.3. The Morgan fingerprint density at radius 1 is 0.690 bits per heavy atom. The number of carbonyl (C=O) groups excluding carboxylic acids is 3. The van der Waals surface area contributed by atoms with Gasteiger partial charge in [0, 0.05) is 18.0 Å². The Bertz CT molecular complexity index is 1210. The van der Waals surface area contributed by atoms with Gasteiger partial charge in [0.05, 0.1) is 0 Å². The van der Waals surface area contributed by atoms with E-state index >= 15 is 0 Å². The number of esters is 1. The summed E-state index contributed by atoms with van der Waals surface area (Å²) in [5, 5.41) is 3.02. The van der Waals surface area contributed by atoms with Crippen LogP contribution in [0.3, 0.4) is 0 Å². The number of benzene rings is 3. The first kappa shape index (κ1) is 32.6. The van der Waals surface area contributed by atoms with Gasteiger partial charge in [0.2, 0.25) is 0 Å². The van der Waals surface area contributed by atoms with Crippen LogP contribution < -0.4 is 11.1 Å². The van der Waals surface area contributed by atoms with E-state index in [1.165, 1.54) is 51.4 Å². The number of ether oxygens (including phenoxy) is 1. The molecule has 42 heavy (non-hydrogen) atoms. The van der Waals surface area contributed by atoms with Crippen LogP contribution in [0, 0.1) is 0 Å². The van der Waals surface area contributed by atoms with Crippen LogP contribution in [0.5, 0.6) is 0 Å². The Morgan fingerprint density at radius 3 is 1.81 bits per heavy atom. The molecule has 0 saturated heterocycles. The zero-order chi connectivity index (χ0) is 30.0. The lowest BCUT2D eigenvalue weighted by atomic mass is 9.84. The molecule has 0 aliphatic carbocycles. The molecule has 3 rings (SSSR count). The fourth-order valence-corrected chi connectivity index (χ4v) is 5.26.